The first-order valence-electron chi connectivity index (χ1n) is 18.7. The zero-order valence-electron chi connectivity index (χ0n) is 30.1. The van der Waals surface area contributed by atoms with Crippen molar-refractivity contribution in [1.29, 1.82) is 0 Å². The van der Waals surface area contributed by atoms with Gasteiger partial charge in [0.25, 0.3) is 0 Å². The van der Waals surface area contributed by atoms with Gasteiger partial charge in [0.15, 0.2) is 5.82 Å². The third kappa shape index (κ3) is 5.48. The van der Waals surface area contributed by atoms with Crippen LogP contribution in [-0.4, -0.2) is 15.0 Å². The van der Waals surface area contributed by atoms with Gasteiger partial charge in [0, 0.05) is 65.6 Å². The smallest absolute Gasteiger partial charge is 0.160 e. The molecular formula is C51H31N3OS. The Morgan fingerprint density at radius 3 is 1.89 bits per heavy atom. The summed E-state index contributed by atoms with van der Waals surface area (Å²) in [5, 5.41) is 4.78. The number of nitrogens with zero attached hydrogens (tertiary/aromatic N) is 3. The quantitative estimate of drug-likeness (QED) is 0.171. The van der Waals surface area contributed by atoms with Gasteiger partial charge in [-0.05, 0) is 76.3 Å². The Morgan fingerprint density at radius 2 is 1.04 bits per heavy atom. The van der Waals surface area contributed by atoms with E-state index in [4.69, 9.17) is 14.4 Å². The molecule has 4 aromatic heterocycles. The van der Waals surface area contributed by atoms with Crippen molar-refractivity contribution in [2.45, 2.75) is 0 Å². The molecule has 0 unspecified atom stereocenters. The van der Waals surface area contributed by atoms with Gasteiger partial charge < -0.3 is 4.42 Å². The molecule has 11 aromatic rings. The van der Waals surface area contributed by atoms with Gasteiger partial charge in [-0.15, -0.1) is 11.3 Å². The lowest BCUT2D eigenvalue weighted by molar-refractivity contribution is 0.670. The fourth-order valence-corrected chi connectivity index (χ4v) is 9.04. The minimum Gasteiger partial charge on any atom is -0.455 e. The topological polar surface area (TPSA) is 51.8 Å². The molecule has 0 radical (unpaired) electrons. The van der Waals surface area contributed by atoms with Crippen LogP contribution in [0.15, 0.2) is 193 Å². The molecule has 56 heavy (non-hydrogen) atoms. The van der Waals surface area contributed by atoms with Crippen LogP contribution in [0.4, 0.5) is 0 Å². The highest BCUT2D eigenvalue weighted by atomic mass is 32.1. The molecule has 0 aliphatic carbocycles. The number of hydrogen-bond donors (Lipinski definition) is 0. The highest BCUT2D eigenvalue weighted by Crippen LogP contribution is 2.44. The minimum absolute atomic E-state index is 0.683. The monoisotopic (exact) mass is 733 g/mol. The van der Waals surface area contributed by atoms with E-state index in [0.717, 1.165) is 83.4 Å². The highest BCUT2D eigenvalue weighted by Gasteiger charge is 2.19. The van der Waals surface area contributed by atoms with Crippen molar-refractivity contribution < 1.29 is 4.42 Å². The largest absolute Gasteiger partial charge is 0.455 e. The van der Waals surface area contributed by atoms with E-state index in [1.165, 1.54) is 20.2 Å². The first-order chi connectivity index (χ1) is 27.7. The maximum absolute atomic E-state index is 6.71. The van der Waals surface area contributed by atoms with Gasteiger partial charge >= 0.3 is 0 Å². The lowest BCUT2D eigenvalue weighted by Crippen LogP contribution is -1.97. The first kappa shape index (κ1) is 32.2. The maximum atomic E-state index is 6.71. The Morgan fingerprint density at radius 1 is 0.393 bits per heavy atom. The van der Waals surface area contributed by atoms with Crippen LogP contribution in [0.1, 0.15) is 0 Å². The summed E-state index contributed by atoms with van der Waals surface area (Å²) in [6.45, 7) is 0. The number of furan rings is 1. The molecule has 5 heteroatoms. The Hall–Kier alpha value is -7.21. The van der Waals surface area contributed by atoms with E-state index in [9.17, 15) is 0 Å². The second kappa shape index (κ2) is 13.3. The SMILES string of the molecule is c1ccc(-c2nc(-c3ccc(-c4ccc(-c5ccc6sc7ccccc7c6c5)c5oc6ccccc6c45)cc3)cc(-c3ccccc3-c3ccncc3)n2)cc1. The number of para-hydroxylation sites is 1. The lowest BCUT2D eigenvalue weighted by Gasteiger charge is -2.13. The fourth-order valence-electron chi connectivity index (χ4n) is 7.95. The Bertz CT molecular complexity index is 3240. The van der Waals surface area contributed by atoms with Crippen LogP contribution in [0.5, 0.6) is 0 Å². The molecule has 4 nitrogen and oxygen atoms in total. The normalized spacial score (nSPS) is 11.6. The van der Waals surface area contributed by atoms with Crippen molar-refractivity contribution in [3.05, 3.63) is 188 Å². The predicted molar refractivity (Wildman–Crippen MR) is 233 cm³/mol. The zero-order valence-corrected chi connectivity index (χ0v) is 30.9. The summed E-state index contributed by atoms with van der Waals surface area (Å²) in [5.74, 6) is 0.683. The molecule has 0 saturated heterocycles. The van der Waals surface area contributed by atoms with Crippen molar-refractivity contribution in [1.82, 2.24) is 15.0 Å². The van der Waals surface area contributed by atoms with Crippen LogP contribution in [0, 0.1) is 0 Å². The third-order valence-electron chi connectivity index (χ3n) is 10.7. The van der Waals surface area contributed by atoms with Crippen molar-refractivity contribution >= 4 is 53.4 Å². The summed E-state index contributed by atoms with van der Waals surface area (Å²) in [6, 6.07) is 61.7. The molecule has 0 aliphatic rings. The van der Waals surface area contributed by atoms with Crippen molar-refractivity contribution in [2.24, 2.45) is 0 Å². The molecule has 262 valence electrons. The summed E-state index contributed by atoms with van der Waals surface area (Å²) in [4.78, 5) is 14.5. The van der Waals surface area contributed by atoms with E-state index in [0.29, 0.717) is 5.82 Å². The summed E-state index contributed by atoms with van der Waals surface area (Å²) in [7, 11) is 0. The Balaban J connectivity index is 1.04. The van der Waals surface area contributed by atoms with Gasteiger partial charge in [-0.25, -0.2) is 9.97 Å². The first-order valence-corrected chi connectivity index (χ1v) is 19.5. The molecule has 0 amide bonds. The van der Waals surface area contributed by atoms with Crippen LogP contribution in [0.25, 0.3) is 109 Å². The van der Waals surface area contributed by atoms with Gasteiger partial charge in [-0.2, -0.15) is 0 Å². The number of rotatable bonds is 6. The summed E-state index contributed by atoms with van der Waals surface area (Å²) >= 11 is 1.84. The van der Waals surface area contributed by atoms with Crippen LogP contribution in [0.2, 0.25) is 0 Å². The number of benzene rings is 7. The second-order valence-corrected chi connectivity index (χ2v) is 15.0. The standard InChI is InChI=1S/C51H31N3OS/c1-2-10-35(11-3-1)51-53-44(31-45(54-51)40-13-5-4-12-37(40)33-26-28-52-29-27-33)34-20-18-32(19-21-34)38-23-24-39(50-49(38)42-15-6-8-16-46(42)55-50)36-22-25-48-43(30-36)41-14-7-9-17-47(41)56-48/h1-31H. The highest BCUT2D eigenvalue weighted by molar-refractivity contribution is 7.25. The van der Waals surface area contributed by atoms with Crippen molar-refractivity contribution in [3.63, 3.8) is 0 Å². The van der Waals surface area contributed by atoms with Crippen LogP contribution in [0.3, 0.4) is 0 Å². The maximum Gasteiger partial charge on any atom is 0.160 e. The number of fused-ring (bicyclic) bond motifs is 6. The van der Waals surface area contributed by atoms with Gasteiger partial charge in [0.05, 0.1) is 11.4 Å². The number of aromatic nitrogens is 3. The molecule has 7 aromatic carbocycles. The summed E-state index contributed by atoms with van der Waals surface area (Å²) < 4.78 is 9.30. The van der Waals surface area contributed by atoms with E-state index in [1.54, 1.807) is 0 Å². The molecule has 0 N–H and O–H groups in total. The number of hydrogen-bond acceptors (Lipinski definition) is 5. The number of pyridine rings is 1. The molecule has 0 atom stereocenters. The molecule has 11 rings (SSSR count). The summed E-state index contributed by atoms with van der Waals surface area (Å²) in [6.07, 6.45) is 3.65. The predicted octanol–water partition coefficient (Wildman–Crippen LogP) is 14.1. The average Bonchev–Trinajstić information content (AvgIpc) is 3.85. The fraction of sp³-hybridized carbons (Fsp3) is 0. The van der Waals surface area contributed by atoms with E-state index in [2.05, 4.69) is 145 Å². The average molecular weight is 734 g/mol. The molecule has 0 saturated carbocycles. The zero-order chi connectivity index (χ0) is 37.0. The summed E-state index contributed by atoms with van der Waals surface area (Å²) in [5.41, 5.74) is 13.2. The molecule has 0 spiro atoms. The van der Waals surface area contributed by atoms with E-state index in [-0.39, 0.29) is 0 Å². The van der Waals surface area contributed by atoms with Crippen LogP contribution >= 0.6 is 11.3 Å². The molecule has 0 aliphatic heterocycles. The molecule has 0 fully saturated rings. The number of thiophene rings is 1. The minimum atomic E-state index is 0.683. The Labute approximate surface area is 327 Å². The molecular weight excluding hydrogens is 703 g/mol. The van der Waals surface area contributed by atoms with Gasteiger partial charge in [0.1, 0.15) is 11.2 Å². The van der Waals surface area contributed by atoms with Gasteiger partial charge in [0.2, 0.25) is 0 Å². The third-order valence-corrected chi connectivity index (χ3v) is 11.8. The van der Waals surface area contributed by atoms with E-state index >= 15 is 0 Å². The lowest BCUT2D eigenvalue weighted by atomic mass is 9.93. The van der Waals surface area contributed by atoms with E-state index < -0.39 is 0 Å². The second-order valence-electron chi connectivity index (χ2n) is 14.0. The molecule has 4 heterocycles. The van der Waals surface area contributed by atoms with Crippen molar-refractivity contribution in [3.8, 4) is 67.3 Å². The Kier molecular flexibility index (Phi) is 7.64. The van der Waals surface area contributed by atoms with Gasteiger partial charge in [-0.3, -0.25) is 4.98 Å². The van der Waals surface area contributed by atoms with Crippen molar-refractivity contribution in [2.75, 3.05) is 0 Å². The van der Waals surface area contributed by atoms with E-state index in [1.807, 2.05) is 60.1 Å². The van der Waals surface area contributed by atoms with Gasteiger partial charge in [-0.1, -0.05) is 127 Å². The van der Waals surface area contributed by atoms with Crippen LogP contribution < -0.4 is 0 Å². The molecule has 0 bridgehead atoms. The van der Waals surface area contributed by atoms with Crippen LogP contribution in [-0.2, 0) is 0 Å².